The van der Waals surface area contributed by atoms with Crippen molar-refractivity contribution < 1.29 is 34.8 Å². The molecule has 0 aromatic heterocycles. The van der Waals surface area contributed by atoms with E-state index in [1.807, 2.05) is 0 Å². The predicted octanol–water partition coefficient (Wildman–Crippen LogP) is -0.416. The highest BCUT2D eigenvalue weighted by molar-refractivity contribution is 5.70. The molecule has 0 bridgehead atoms. The Bertz CT molecular complexity index is 256. The largest absolute Gasteiger partial charge is 0.481 e. The maximum atomic E-state index is 11.2. The highest BCUT2D eigenvalue weighted by atomic mass is 16.7. The van der Waals surface area contributed by atoms with Gasteiger partial charge in [0.25, 0.3) is 0 Å². The molecule has 0 saturated carbocycles. The van der Waals surface area contributed by atoms with E-state index in [1.165, 1.54) is 6.92 Å². The van der Waals surface area contributed by atoms with E-state index in [1.54, 1.807) is 0 Å². The quantitative estimate of drug-likeness (QED) is 0.262. The second-order valence-electron chi connectivity index (χ2n) is 3.67. The smallest absolute Gasteiger partial charge is 0.314 e. The van der Waals surface area contributed by atoms with E-state index >= 15 is 0 Å². The van der Waals surface area contributed by atoms with Crippen LogP contribution < -0.4 is 0 Å². The Kier molecular flexibility index (Phi) is 6.71. The summed E-state index contributed by atoms with van der Waals surface area (Å²) in [5.74, 6) is -4.69. The minimum atomic E-state index is -3.05. The summed E-state index contributed by atoms with van der Waals surface area (Å²) in [6.07, 6.45) is -0.756. The summed E-state index contributed by atoms with van der Waals surface area (Å²) < 4.78 is 4.63. The number of carbonyl (C=O) groups is 2. The maximum absolute atomic E-state index is 11.2. The Hall–Kier alpha value is -1.18. The molecule has 0 aliphatic rings. The van der Waals surface area contributed by atoms with E-state index in [0.717, 1.165) is 0 Å². The average Bonchev–Trinajstić information content (AvgIpc) is 2.19. The van der Waals surface area contributed by atoms with Gasteiger partial charge in [0.15, 0.2) is 6.10 Å². The lowest BCUT2D eigenvalue weighted by Crippen LogP contribution is -2.44. The molecule has 0 aromatic rings. The molecule has 1 atom stereocenters. The van der Waals surface area contributed by atoms with Gasteiger partial charge in [-0.05, 0) is 19.3 Å². The van der Waals surface area contributed by atoms with Crippen molar-refractivity contribution in [2.75, 3.05) is 0 Å². The molecular formula is C10H18O7. The molecular weight excluding hydrogens is 232 g/mol. The first-order valence-corrected chi connectivity index (χ1v) is 5.35. The molecule has 1 unspecified atom stereocenters. The summed E-state index contributed by atoms with van der Waals surface area (Å²) in [6, 6.07) is 0. The molecule has 0 aromatic carbocycles. The van der Waals surface area contributed by atoms with Gasteiger partial charge in [-0.1, -0.05) is 6.92 Å². The maximum Gasteiger partial charge on any atom is 0.314 e. The number of hydrogen-bond donors (Lipinski definition) is 4. The number of unbranched alkanes of at least 4 members (excludes halogenated alkanes) is 1. The molecule has 0 rings (SSSR count). The van der Waals surface area contributed by atoms with Crippen molar-refractivity contribution in [3.63, 3.8) is 0 Å². The van der Waals surface area contributed by atoms with Gasteiger partial charge in [-0.25, -0.2) is 0 Å². The van der Waals surface area contributed by atoms with E-state index in [0.29, 0.717) is 12.8 Å². The minimum Gasteiger partial charge on any atom is -0.481 e. The Morgan fingerprint density at radius 1 is 1.18 bits per heavy atom. The Balaban J connectivity index is 3.88. The van der Waals surface area contributed by atoms with E-state index < -0.39 is 24.0 Å². The van der Waals surface area contributed by atoms with E-state index in [9.17, 15) is 9.59 Å². The van der Waals surface area contributed by atoms with Crippen LogP contribution in [0.3, 0.4) is 0 Å². The summed E-state index contributed by atoms with van der Waals surface area (Å²) in [7, 11) is 0. The Morgan fingerprint density at radius 3 is 2.12 bits per heavy atom. The number of carboxylic acids is 1. The van der Waals surface area contributed by atoms with Crippen LogP contribution in [0.25, 0.3) is 0 Å². The fourth-order valence-corrected chi connectivity index (χ4v) is 1.20. The highest BCUT2D eigenvalue weighted by Gasteiger charge is 2.33. The van der Waals surface area contributed by atoms with Crippen LogP contribution in [0.5, 0.6) is 0 Å². The number of aliphatic hydroxyl groups is 3. The zero-order valence-corrected chi connectivity index (χ0v) is 9.63. The summed E-state index contributed by atoms with van der Waals surface area (Å²) in [5.41, 5.74) is 0. The average molecular weight is 250 g/mol. The molecule has 0 saturated heterocycles. The van der Waals surface area contributed by atoms with Crippen LogP contribution in [0.2, 0.25) is 0 Å². The van der Waals surface area contributed by atoms with Gasteiger partial charge in [0, 0.05) is 12.8 Å². The normalized spacial score (nSPS) is 13.2. The lowest BCUT2D eigenvalue weighted by atomic mass is 10.2. The van der Waals surface area contributed by atoms with Crippen LogP contribution in [-0.4, -0.2) is 44.4 Å². The lowest BCUT2D eigenvalue weighted by molar-refractivity contribution is -0.356. The second-order valence-corrected chi connectivity index (χ2v) is 3.67. The Labute approximate surface area is 98.6 Å². The summed E-state index contributed by atoms with van der Waals surface area (Å²) in [5, 5.41) is 34.8. The van der Waals surface area contributed by atoms with Crippen LogP contribution in [0.15, 0.2) is 0 Å². The van der Waals surface area contributed by atoms with Crippen LogP contribution in [0.1, 0.15) is 39.0 Å². The lowest BCUT2D eigenvalue weighted by Gasteiger charge is -2.24. The van der Waals surface area contributed by atoms with Crippen LogP contribution >= 0.6 is 0 Å². The standard InChI is InChI=1S/C10H18O7/c1-2-7(10(14,15)16)17-9(13)6-4-3-5-8(11)12/h7,14-16H,2-6H2,1H3,(H,11,12). The third-order valence-electron chi connectivity index (χ3n) is 2.10. The van der Waals surface area contributed by atoms with Gasteiger partial charge in [-0.2, -0.15) is 0 Å². The number of rotatable bonds is 8. The number of carbonyl (C=O) groups excluding carboxylic acids is 1. The number of aliphatic carboxylic acids is 1. The fourth-order valence-electron chi connectivity index (χ4n) is 1.20. The minimum absolute atomic E-state index is 0.0279. The molecule has 7 heteroatoms. The SMILES string of the molecule is CCC(OC(=O)CCCCC(=O)O)C(O)(O)O. The Morgan fingerprint density at radius 2 is 1.71 bits per heavy atom. The zero-order valence-electron chi connectivity index (χ0n) is 9.63. The zero-order chi connectivity index (χ0) is 13.5. The van der Waals surface area contributed by atoms with Crippen molar-refractivity contribution in [1.82, 2.24) is 0 Å². The van der Waals surface area contributed by atoms with Crippen molar-refractivity contribution in [2.24, 2.45) is 0 Å². The van der Waals surface area contributed by atoms with E-state index in [4.69, 9.17) is 20.4 Å². The number of ether oxygens (including phenoxy) is 1. The third kappa shape index (κ3) is 7.67. The predicted molar refractivity (Wildman–Crippen MR) is 55.7 cm³/mol. The molecule has 0 aliphatic carbocycles. The van der Waals surface area contributed by atoms with Crippen molar-refractivity contribution in [3.8, 4) is 0 Å². The molecule has 7 nitrogen and oxygen atoms in total. The molecule has 4 N–H and O–H groups in total. The van der Waals surface area contributed by atoms with Gasteiger partial charge in [0.1, 0.15) is 0 Å². The van der Waals surface area contributed by atoms with Crippen molar-refractivity contribution in [1.29, 1.82) is 0 Å². The molecule has 0 amide bonds. The van der Waals surface area contributed by atoms with Crippen molar-refractivity contribution in [2.45, 2.75) is 51.1 Å². The molecule has 0 fully saturated rings. The molecule has 17 heavy (non-hydrogen) atoms. The van der Waals surface area contributed by atoms with Crippen LogP contribution in [0.4, 0.5) is 0 Å². The monoisotopic (exact) mass is 250 g/mol. The van der Waals surface area contributed by atoms with Gasteiger partial charge in [0.2, 0.25) is 0 Å². The number of hydrogen-bond acceptors (Lipinski definition) is 6. The van der Waals surface area contributed by atoms with Gasteiger partial charge < -0.3 is 25.2 Å². The van der Waals surface area contributed by atoms with Crippen molar-refractivity contribution in [3.05, 3.63) is 0 Å². The number of esters is 1. The van der Waals surface area contributed by atoms with Crippen LogP contribution in [0, 0.1) is 0 Å². The first kappa shape index (κ1) is 15.8. The summed E-state index contributed by atoms with van der Waals surface area (Å²) in [6.45, 7) is 1.51. The van der Waals surface area contributed by atoms with Crippen LogP contribution in [-0.2, 0) is 14.3 Å². The first-order valence-electron chi connectivity index (χ1n) is 5.35. The molecule has 0 radical (unpaired) electrons. The number of carboxylic acid groups (broad SMARTS) is 1. The summed E-state index contributed by atoms with van der Waals surface area (Å²) in [4.78, 5) is 21.4. The third-order valence-corrected chi connectivity index (χ3v) is 2.10. The van der Waals surface area contributed by atoms with Crippen molar-refractivity contribution >= 4 is 11.9 Å². The molecule has 100 valence electrons. The van der Waals surface area contributed by atoms with E-state index in [2.05, 4.69) is 4.74 Å². The van der Waals surface area contributed by atoms with E-state index in [-0.39, 0.29) is 19.3 Å². The highest BCUT2D eigenvalue weighted by Crippen LogP contribution is 2.13. The molecule has 0 spiro atoms. The van der Waals surface area contributed by atoms with Gasteiger partial charge in [-0.3, -0.25) is 9.59 Å². The van der Waals surface area contributed by atoms with Gasteiger partial charge in [0.05, 0.1) is 0 Å². The summed E-state index contributed by atoms with van der Waals surface area (Å²) >= 11 is 0. The first-order chi connectivity index (χ1) is 7.77. The second kappa shape index (κ2) is 7.21. The van der Waals surface area contributed by atoms with Gasteiger partial charge >= 0.3 is 17.9 Å². The van der Waals surface area contributed by atoms with Gasteiger partial charge in [-0.15, -0.1) is 0 Å². The molecule has 0 heterocycles. The fraction of sp³-hybridized carbons (Fsp3) is 0.800. The molecule has 0 aliphatic heterocycles. The topological polar surface area (TPSA) is 124 Å².